The number of ether oxygens (including phenoxy) is 3. The zero-order valence-electron chi connectivity index (χ0n) is 29.1. The molecule has 0 spiro atoms. The number of hydrogen-bond acceptors (Lipinski definition) is 6. The Labute approximate surface area is 266 Å². The van der Waals surface area contributed by atoms with Crippen LogP contribution in [-0.2, 0) is 28.6 Å². The van der Waals surface area contributed by atoms with Crippen LogP contribution in [0.5, 0.6) is 0 Å². The standard InChI is InChI=1S/C37H70O6/c1-6-7-8-15-22-27-35(38)41-30-34(31-42-36(39)28-23-18-14-13-17-21-26-33(4)5)43-37(40)29-24-19-12-10-9-11-16-20-25-32(2)3/h32-34H,6-31H2,1-5H3/t34-/m0/s1. The van der Waals surface area contributed by atoms with Crippen molar-refractivity contribution in [2.75, 3.05) is 13.2 Å². The Morgan fingerprint density at radius 2 is 0.767 bits per heavy atom. The maximum absolute atomic E-state index is 12.5. The van der Waals surface area contributed by atoms with Crippen LogP contribution in [0.25, 0.3) is 0 Å². The fourth-order valence-corrected chi connectivity index (χ4v) is 5.16. The van der Waals surface area contributed by atoms with Crippen LogP contribution in [0.15, 0.2) is 0 Å². The van der Waals surface area contributed by atoms with E-state index in [1.54, 1.807) is 0 Å². The molecule has 43 heavy (non-hydrogen) atoms. The minimum Gasteiger partial charge on any atom is -0.462 e. The predicted octanol–water partition coefficient (Wildman–Crippen LogP) is 10.7. The molecule has 254 valence electrons. The molecular weight excluding hydrogens is 540 g/mol. The van der Waals surface area contributed by atoms with Crippen molar-refractivity contribution in [3.63, 3.8) is 0 Å². The van der Waals surface area contributed by atoms with Crippen molar-refractivity contribution in [2.45, 2.75) is 195 Å². The molecule has 0 rings (SSSR count). The lowest BCUT2D eigenvalue weighted by Gasteiger charge is -2.18. The van der Waals surface area contributed by atoms with E-state index in [4.69, 9.17) is 14.2 Å². The Balaban J connectivity index is 4.32. The van der Waals surface area contributed by atoms with Gasteiger partial charge in [0.05, 0.1) is 0 Å². The lowest BCUT2D eigenvalue weighted by atomic mass is 10.0. The van der Waals surface area contributed by atoms with Gasteiger partial charge in [-0.2, -0.15) is 0 Å². The van der Waals surface area contributed by atoms with E-state index < -0.39 is 6.10 Å². The van der Waals surface area contributed by atoms with E-state index in [2.05, 4.69) is 34.6 Å². The second kappa shape index (κ2) is 30.4. The second-order valence-corrected chi connectivity index (χ2v) is 13.5. The maximum atomic E-state index is 12.5. The van der Waals surface area contributed by atoms with Gasteiger partial charge in [-0.15, -0.1) is 0 Å². The van der Waals surface area contributed by atoms with Crippen LogP contribution < -0.4 is 0 Å². The molecule has 0 unspecified atom stereocenters. The van der Waals surface area contributed by atoms with Gasteiger partial charge >= 0.3 is 17.9 Å². The molecular formula is C37H70O6. The van der Waals surface area contributed by atoms with Crippen LogP contribution in [0.2, 0.25) is 0 Å². The summed E-state index contributed by atoms with van der Waals surface area (Å²) in [5.41, 5.74) is 0. The number of carbonyl (C=O) groups excluding carboxylic acids is 3. The molecule has 0 saturated heterocycles. The first kappa shape index (κ1) is 41.4. The van der Waals surface area contributed by atoms with E-state index in [-0.39, 0.29) is 31.1 Å². The largest absolute Gasteiger partial charge is 0.462 e. The zero-order valence-corrected chi connectivity index (χ0v) is 29.1. The molecule has 0 aliphatic heterocycles. The molecule has 0 aromatic rings. The molecule has 0 aliphatic rings. The topological polar surface area (TPSA) is 78.9 Å². The number of esters is 3. The van der Waals surface area contributed by atoms with Crippen molar-refractivity contribution in [2.24, 2.45) is 11.8 Å². The predicted molar refractivity (Wildman–Crippen MR) is 178 cm³/mol. The average molecular weight is 611 g/mol. The summed E-state index contributed by atoms with van der Waals surface area (Å²) in [6.07, 6.45) is 24.2. The van der Waals surface area contributed by atoms with Crippen LogP contribution in [0.4, 0.5) is 0 Å². The Morgan fingerprint density at radius 3 is 1.14 bits per heavy atom. The maximum Gasteiger partial charge on any atom is 0.306 e. The van der Waals surface area contributed by atoms with Crippen molar-refractivity contribution in [1.82, 2.24) is 0 Å². The normalized spacial score (nSPS) is 12.1. The molecule has 0 radical (unpaired) electrons. The summed E-state index contributed by atoms with van der Waals surface area (Å²) < 4.78 is 16.4. The van der Waals surface area contributed by atoms with Crippen LogP contribution in [0.3, 0.4) is 0 Å². The van der Waals surface area contributed by atoms with Crippen molar-refractivity contribution >= 4 is 17.9 Å². The summed E-state index contributed by atoms with van der Waals surface area (Å²) in [6.45, 7) is 11.1. The SMILES string of the molecule is CCCCCCCC(=O)OC[C@@H](COC(=O)CCCCCCCCC(C)C)OC(=O)CCCCCCCCCCC(C)C. The highest BCUT2D eigenvalue weighted by atomic mass is 16.6. The van der Waals surface area contributed by atoms with E-state index in [0.717, 1.165) is 76.0 Å². The molecule has 6 nitrogen and oxygen atoms in total. The van der Waals surface area contributed by atoms with Crippen LogP contribution >= 0.6 is 0 Å². The van der Waals surface area contributed by atoms with E-state index >= 15 is 0 Å². The van der Waals surface area contributed by atoms with Gasteiger partial charge in [-0.05, 0) is 31.1 Å². The van der Waals surface area contributed by atoms with Crippen molar-refractivity contribution < 1.29 is 28.6 Å². The molecule has 0 heterocycles. The third-order valence-electron chi connectivity index (χ3n) is 7.97. The first-order valence-electron chi connectivity index (χ1n) is 18.2. The molecule has 0 amide bonds. The lowest BCUT2D eigenvalue weighted by Crippen LogP contribution is -2.30. The number of carbonyl (C=O) groups is 3. The average Bonchev–Trinajstić information content (AvgIpc) is 2.96. The summed E-state index contributed by atoms with van der Waals surface area (Å²) >= 11 is 0. The van der Waals surface area contributed by atoms with Gasteiger partial charge in [0.2, 0.25) is 0 Å². The molecule has 6 heteroatoms. The van der Waals surface area contributed by atoms with Gasteiger partial charge in [0.25, 0.3) is 0 Å². The summed E-state index contributed by atoms with van der Waals surface area (Å²) in [5, 5.41) is 0. The van der Waals surface area contributed by atoms with Gasteiger partial charge in [0.15, 0.2) is 6.10 Å². The Bertz CT molecular complexity index is 659. The van der Waals surface area contributed by atoms with Crippen LogP contribution in [-0.4, -0.2) is 37.2 Å². The monoisotopic (exact) mass is 611 g/mol. The van der Waals surface area contributed by atoms with Crippen LogP contribution in [0.1, 0.15) is 189 Å². The first-order valence-corrected chi connectivity index (χ1v) is 18.2. The van der Waals surface area contributed by atoms with Crippen molar-refractivity contribution in [1.29, 1.82) is 0 Å². The molecule has 0 aromatic carbocycles. The number of rotatable bonds is 31. The van der Waals surface area contributed by atoms with E-state index in [1.807, 2.05) is 0 Å². The van der Waals surface area contributed by atoms with E-state index in [1.165, 1.54) is 70.6 Å². The van der Waals surface area contributed by atoms with Crippen LogP contribution in [0, 0.1) is 11.8 Å². The quantitative estimate of drug-likeness (QED) is 0.0441. The van der Waals surface area contributed by atoms with Crippen molar-refractivity contribution in [3.8, 4) is 0 Å². The number of unbranched alkanes of at least 4 members (excludes halogenated alkanes) is 16. The smallest absolute Gasteiger partial charge is 0.306 e. The minimum atomic E-state index is -0.757. The molecule has 0 fully saturated rings. The minimum absolute atomic E-state index is 0.0691. The Morgan fingerprint density at radius 1 is 0.442 bits per heavy atom. The summed E-state index contributed by atoms with van der Waals surface area (Å²) in [5.74, 6) is 0.667. The van der Waals surface area contributed by atoms with Gasteiger partial charge in [0.1, 0.15) is 13.2 Å². The van der Waals surface area contributed by atoms with Gasteiger partial charge in [0, 0.05) is 19.3 Å². The molecule has 0 bridgehead atoms. The van der Waals surface area contributed by atoms with E-state index in [0.29, 0.717) is 19.3 Å². The molecule has 0 aliphatic carbocycles. The highest BCUT2D eigenvalue weighted by Crippen LogP contribution is 2.15. The van der Waals surface area contributed by atoms with Crippen molar-refractivity contribution in [3.05, 3.63) is 0 Å². The third-order valence-corrected chi connectivity index (χ3v) is 7.97. The fourth-order valence-electron chi connectivity index (χ4n) is 5.16. The number of hydrogen-bond donors (Lipinski definition) is 0. The van der Waals surface area contributed by atoms with E-state index in [9.17, 15) is 14.4 Å². The summed E-state index contributed by atoms with van der Waals surface area (Å²) in [7, 11) is 0. The fraction of sp³-hybridized carbons (Fsp3) is 0.919. The van der Waals surface area contributed by atoms with Gasteiger partial charge in [-0.3, -0.25) is 14.4 Å². The highest BCUT2D eigenvalue weighted by Gasteiger charge is 2.19. The zero-order chi connectivity index (χ0) is 32.0. The molecule has 0 N–H and O–H groups in total. The Hall–Kier alpha value is -1.59. The molecule has 0 aromatic heterocycles. The van der Waals surface area contributed by atoms with Gasteiger partial charge < -0.3 is 14.2 Å². The highest BCUT2D eigenvalue weighted by molar-refractivity contribution is 5.71. The molecule has 0 saturated carbocycles. The second-order valence-electron chi connectivity index (χ2n) is 13.5. The molecule has 1 atom stereocenters. The van der Waals surface area contributed by atoms with Gasteiger partial charge in [-0.1, -0.05) is 150 Å². The summed E-state index contributed by atoms with van der Waals surface area (Å²) in [4.78, 5) is 37.1. The Kier molecular flexibility index (Phi) is 29.3. The summed E-state index contributed by atoms with van der Waals surface area (Å²) in [6, 6.07) is 0. The lowest BCUT2D eigenvalue weighted by molar-refractivity contribution is -0.167. The van der Waals surface area contributed by atoms with Gasteiger partial charge in [-0.25, -0.2) is 0 Å². The first-order chi connectivity index (χ1) is 20.7. The third kappa shape index (κ3) is 31.6.